The van der Waals surface area contributed by atoms with Gasteiger partial charge in [-0.1, -0.05) is 19.1 Å². The molecule has 1 unspecified atom stereocenters. The van der Waals surface area contributed by atoms with Crippen LogP contribution in [0.2, 0.25) is 0 Å². The fourth-order valence-electron chi connectivity index (χ4n) is 3.98. The standard InChI is InChI=1S/C29H37N11O7/c1-16(25(44)45)15-21(43)46-14-8-12-30-23-22(24(36-29(3,4)5)35-26(34-23)31-13-11-20(41)42)37-38-27-32-17(2)40(39-27)28-33-18-9-6-7-10-19(18)47-28/h6-7,9-10,16H,8,11-15H2,1-5H3,(H,41,42)(H,44,45)(H3,30,31,34,35,36). The van der Waals surface area contributed by atoms with Crippen LogP contribution in [0.3, 0.4) is 0 Å². The van der Waals surface area contributed by atoms with E-state index >= 15 is 0 Å². The van der Waals surface area contributed by atoms with Crippen molar-refractivity contribution in [1.29, 1.82) is 0 Å². The molecule has 3 aromatic heterocycles. The van der Waals surface area contributed by atoms with Gasteiger partial charge >= 0.3 is 23.9 Å². The Balaban J connectivity index is 1.59. The Morgan fingerprint density at radius 3 is 2.47 bits per heavy atom. The Bertz CT molecular complexity index is 1730. The molecule has 4 aromatic rings. The van der Waals surface area contributed by atoms with Crippen molar-refractivity contribution in [3.8, 4) is 6.01 Å². The van der Waals surface area contributed by atoms with E-state index < -0.39 is 29.4 Å². The van der Waals surface area contributed by atoms with Crippen molar-refractivity contribution in [3.63, 3.8) is 0 Å². The van der Waals surface area contributed by atoms with Gasteiger partial charge in [0.05, 0.1) is 25.4 Å². The zero-order chi connectivity index (χ0) is 34.1. The first kappa shape index (κ1) is 34.2. The molecular formula is C29H37N11O7. The van der Waals surface area contributed by atoms with Crippen LogP contribution in [0, 0.1) is 12.8 Å². The average molecular weight is 652 g/mol. The number of esters is 1. The number of aryl methyl sites for hydroxylation is 1. The summed E-state index contributed by atoms with van der Waals surface area (Å²) < 4.78 is 12.4. The summed E-state index contributed by atoms with van der Waals surface area (Å²) in [6.07, 6.45) is -0.0371. The van der Waals surface area contributed by atoms with Crippen molar-refractivity contribution in [2.75, 3.05) is 35.6 Å². The van der Waals surface area contributed by atoms with Gasteiger partial charge in [0, 0.05) is 18.6 Å². The molecule has 250 valence electrons. The van der Waals surface area contributed by atoms with E-state index in [0.717, 1.165) is 0 Å². The van der Waals surface area contributed by atoms with Crippen LogP contribution >= 0.6 is 0 Å². The van der Waals surface area contributed by atoms with E-state index in [9.17, 15) is 14.4 Å². The lowest BCUT2D eigenvalue weighted by molar-refractivity contribution is -0.151. The average Bonchev–Trinajstić information content (AvgIpc) is 3.58. The van der Waals surface area contributed by atoms with Crippen LogP contribution in [0.1, 0.15) is 52.8 Å². The minimum absolute atomic E-state index is 0.0172. The van der Waals surface area contributed by atoms with E-state index in [2.05, 4.69) is 51.2 Å². The number of anilines is 3. The lowest BCUT2D eigenvalue weighted by atomic mass is 10.1. The molecule has 18 nitrogen and oxygen atoms in total. The van der Waals surface area contributed by atoms with E-state index in [0.29, 0.717) is 29.2 Å². The molecule has 5 N–H and O–H groups in total. The lowest BCUT2D eigenvalue weighted by Crippen LogP contribution is -2.27. The third-order valence-electron chi connectivity index (χ3n) is 6.23. The predicted octanol–water partition coefficient (Wildman–Crippen LogP) is 4.48. The number of oxazole rings is 1. The molecule has 47 heavy (non-hydrogen) atoms. The minimum atomic E-state index is -1.08. The number of aliphatic carboxylic acids is 2. The summed E-state index contributed by atoms with van der Waals surface area (Å²) in [5.74, 6) is -2.38. The fraction of sp³-hybridized carbons (Fsp3) is 0.448. The van der Waals surface area contributed by atoms with Crippen molar-refractivity contribution in [2.45, 2.75) is 59.4 Å². The van der Waals surface area contributed by atoms with E-state index in [1.54, 1.807) is 13.0 Å². The van der Waals surface area contributed by atoms with Gasteiger partial charge in [-0.3, -0.25) is 14.4 Å². The predicted molar refractivity (Wildman–Crippen MR) is 169 cm³/mol. The monoisotopic (exact) mass is 651 g/mol. The number of nitrogens with one attached hydrogen (secondary N) is 3. The number of carboxylic acids is 2. The molecule has 0 aliphatic carbocycles. The summed E-state index contributed by atoms with van der Waals surface area (Å²) in [6.45, 7) is 9.30. The Labute approximate surface area is 269 Å². The van der Waals surface area contributed by atoms with Gasteiger partial charge in [-0.2, -0.15) is 24.6 Å². The molecule has 0 saturated carbocycles. The van der Waals surface area contributed by atoms with E-state index in [1.807, 2.05) is 39.0 Å². The number of carbonyl (C=O) groups is 3. The summed E-state index contributed by atoms with van der Waals surface area (Å²) >= 11 is 0. The molecule has 0 aliphatic heterocycles. The Morgan fingerprint density at radius 2 is 1.77 bits per heavy atom. The first-order valence-corrected chi connectivity index (χ1v) is 14.8. The molecular weight excluding hydrogens is 614 g/mol. The van der Waals surface area contributed by atoms with Gasteiger partial charge in [-0.05, 0) is 46.2 Å². The molecule has 0 amide bonds. The largest absolute Gasteiger partial charge is 0.481 e. The Hall–Kier alpha value is -5.68. The number of rotatable bonds is 16. The minimum Gasteiger partial charge on any atom is -0.481 e. The van der Waals surface area contributed by atoms with Crippen molar-refractivity contribution >= 4 is 58.2 Å². The number of fused-ring (bicyclic) bond motifs is 1. The normalized spacial score (nSPS) is 12.3. The summed E-state index contributed by atoms with van der Waals surface area (Å²) in [7, 11) is 0. The molecule has 1 aromatic carbocycles. The number of hydrogen-bond acceptors (Lipinski definition) is 15. The number of ether oxygens (including phenoxy) is 1. The number of benzene rings is 1. The molecule has 4 rings (SSSR count). The van der Waals surface area contributed by atoms with E-state index in [-0.39, 0.29) is 62.0 Å². The summed E-state index contributed by atoms with van der Waals surface area (Å²) in [5.41, 5.74) is 0.992. The van der Waals surface area contributed by atoms with Gasteiger partial charge in [0.2, 0.25) is 5.95 Å². The van der Waals surface area contributed by atoms with Gasteiger partial charge < -0.3 is 35.3 Å². The second-order valence-corrected chi connectivity index (χ2v) is 11.5. The quantitative estimate of drug-likeness (QED) is 0.0637. The number of azo groups is 1. The van der Waals surface area contributed by atoms with Crippen molar-refractivity contribution < 1.29 is 33.8 Å². The third-order valence-corrected chi connectivity index (χ3v) is 6.23. The van der Waals surface area contributed by atoms with Crippen LogP contribution in [-0.4, -0.2) is 83.1 Å². The number of hydrogen-bond donors (Lipinski definition) is 5. The smallest absolute Gasteiger partial charge is 0.325 e. The van der Waals surface area contributed by atoms with Crippen molar-refractivity contribution in [3.05, 3.63) is 30.1 Å². The van der Waals surface area contributed by atoms with Gasteiger partial charge in [-0.15, -0.1) is 15.3 Å². The molecule has 1 atom stereocenters. The second kappa shape index (κ2) is 15.1. The number of nitrogens with zero attached hydrogens (tertiary/aromatic N) is 8. The molecule has 0 bridgehead atoms. The van der Waals surface area contributed by atoms with Crippen LogP contribution in [0.25, 0.3) is 17.1 Å². The van der Waals surface area contributed by atoms with Crippen molar-refractivity contribution in [2.24, 2.45) is 16.1 Å². The van der Waals surface area contributed by atoms with Crippen LogP contribution in [-0.2, 0) is 19.1 Å². The highest BCUT2D eigenvalue weighted by molar-refractivity contribution is 5.78. The molecule has 0 spiro atoms. The zero-order valence-corrected chi connectivity index (χ0v) is 26.6. The molecule has 3 heterocycles. The van der Waals surface area contributed by atoms with Crippen LogP contribution < -0.4 is 16.0 Å². The van der Waals surface area contributed by atoms with Gasteiger partial charge in [0.1, 0.15) is 11.3 Å². The van der Waals surface area contributed by atoms with Crippen LogP contribution in [0.4, 0.5) is 29.2 Å². The highest BCUT2D eigenvalue weighted by Crippen LogP contribution is 2.35. The first-order chi connectivity index (χ1) is 22.3. The maximum absolute atomic E-state index is 12.0. The molecule has 0 fully saturated rings. The SMILES string of the molecule is Cc1nc(N=Nc2c(NCCCOC(=O)CC(C)C(=O)O)nc(NCCC(=O)O)nc2NC(C)(C)C)nn1-c1nc2ccccc2o1. The number of para-hydroxylation sites is 2. The molecule has 0 radical (unpaired) electrons. The molecule has 0 aliphatic rings. The van der Waals surface area contributed by atoms with E-state index in [1.165, 1.54) is 11.6 Å². The third kappa shape index (κ3) is 9.90. The second-order valence-electron chi connectivity index (χ2n) is 11.5. The maximum atomic E-state index is 12.0. The summed E-state index contributed by atoms with van der Waals surface area (Å²) in [4.78, 5) is 51.9. The number of carboxylic acid groups (broad SMARTS) is 2. The van der Waals surface area contributed by atoms with E-state index in [4.69, 9.17) is 19.4 Å². The van der Waals surface area contributed by atoms with Gasteiger partial charge in [0.15, 0.2) is 22.9 Å². The maximum Gasteiger partial charge on any atom is 0.325 e. The summed E-state index contributed by atoms with van der Waals surface area (Å²) in [6, 6.07) is 7.51. The molecule has 18 heteroatoms. The first-order valence-electron chi connectivity index (χ1n) is 14.8. The van der Waals surface area contributed by atoms with Crippen LogP contribution in [0.15, 0.2) is 38.9 Å². The zero-order valence-electron chi connectivity index (χ0n) is 26.6. The van der Waals surface area contributed by atoms with Crippen molar-refractivity contribution in [1.82, 2.24) is 29.7 Å². The summed E-state index contributed by atoms with van der Waals surface area (Å²) in [5, 5.41) is 40.4. The van der Waals surface area contributed by atoms with Gasteiger partial charge in [0.25, 0.3) is 5.95 Å². The Morgan fingerprint density at radius 1 is 1.02 bits per heavy atom. The topological polar surface area (TPSA) is 244 Å². The van der Waals surface area contributed by atoms with Crippen LogP contribution in [0.5, 0.6) is 0 Å². The Kier molecular flexibility index (Phi) is 11.0. The lowest BCUT2D eigenvalue weighted by Gasteiger charge is -2.23. The number of aromatic nitrogens is 6. The fourth-order valence-corrected chi connectivity index (χ4v) is 3.98. The highest BCUT2D eigenvalue weighted by atomic mass is 16.5. The highest BCUT2D eigenvalue weighted by Gasteiger charge is 2.21. The van der Waals surface area contributed by atoms with Gasteiger partial charge in [-0.25, -0.2) is 0 Å². The number of carbonyl (C=O) groups excluding carboxylic acids is 1. The molecule has 0 saturated heterocycles.